The van der Waals surface area contributed by atoms with Crippen LogP contribution >= 0.6 is 11.6 Å². The van der Waals surface area contributed by atoms with Gasteiger partial charge in [-0.2, -0.15) is 40.2 Å². The predicted molar refractivity (Wildman–Crippen MR) is 231 cm³/mol. The second kappa shape index (κ2) is 20.1. The summed E-state index contributed by atoms with van der Waals surface area (Å²) in [6, 6.07) is 5.41. The van der Waals surface area contributed by atoms with Gasteiger partial charge in [0.2, 0.25) is 5.91 Å². The SMILES string of the molecule is CS(=O)N(C(=O)/C=C/C=O)c1nn(CC(F)(F)F)c2c(-c3ccc(C#CC(C)(C)S(C)=O)nc3C(Cc3cc(F)cc(F)c3)NC(=O)CN=C3/C(=C(\N)C(F)(F)F)CCC3(F)F)ccc(Cl)c12. The third-order valence-electron chi connectivity index (χ3n) is 9.91. The number of amides is 2. The van der Waals surface area contributed by atoms with Gasteiger partial charge in [-0.1, -0.05) is 23.6 Å². The van der Waals surface area contributed by atoms with Crippen LogP contribution < -0.4 is 15.4 Å². The molecule has 0 spiro atoms. The zero-order valence-electron chi connectivity index (χ0n) is 35.2. The van der Waals surface area contributed by atoms with E-state index in [-0.39, 0.29) is 39.4 Å². The number of alkyl halides is 8. The van der Waals surface area contributed by atoms with E-state index in [1.54, 1.807) is 0 Å². The van der Waals surface area contributed by atoms with Crippen LogP contribution in [0.15, 0.2) is 70.9 Å². The molecule has 4 aromatic rings. The number of carbonyl (C=O) groups is 3. The van der Waals surface area contributed by atoms with Crippen LogP contribution in [0, 0.1) is 23.5 Å². The highest BCUT2D eigenvalue weighted by atomic mass is 35.5. The topological polar surface area (TPSA) is 170 Å². The summed E-state index contributed by atoms with van der Waals surface area (Å²) in [6.45, 7) is -0.0807. The molecule has 1 aliphatic carbocycles. The number of pyridine rings is 1. The van der Waals surface area contributed by atoms with Crippen molar-refractivity contribution in [3.8, 4) is 23.0 Å². The monoisotopic (exact) mass is 1010 g/mol. The van der Waals surface area contributed by atoms with Gasteiger partial charge in [0.15, 0.2) is 5.82 Å². The highest BCUT2D eigenvalue weighted by molar-refractivity contribution is 7.86. The molecule has 3 unspecified atom stereocenters. The van der Waals surface area contributed by atoms with Crippen molar-refractivity contribution in [2.24, 2.45) is 10.7 Å². The third kappa shape index (κ3) is 12.3. The molecule has 1 aliphatic rings. The van der Waals surface area contributed by atoms with Crippen molar-refractivity contribution in [1.82, 2.24) is 20.1 Å². The molecule has 0 radical (unpaired) electrons. The molecule has 5 rings (SSSR count). The van der Waals surface area contributed by atoms with E-state index in [1.807, 2.05) is 0 Å². The highest BCUT2D eigenvalue weighted by Gasteiger charge is 2.48. The Balaban J connectivity index is 1.83. The van der Waals surface area contributed by atoms with Gasteiger partial charge >= 0.3 is 12.4 Å². The largest absolute Gasteiger partial charge is 0.431 e. The second-order valence-corrected chi connectivity index (χ2v) is 18.7. The first-order valence-electron chi connectivity index (χ1n) is 19.2. The van der Waals surface area contributed by atoms with Crippen molar-refractivity contribution in [3.05, 3.63) is 99.5 Å². The van der Waals surface area contributed by atoms with E-state index in [0.29, 0.717) is 21.1 Å². The van der Waals surface area contributed by atoms with Crippen LogP contribution in [-0.4, -0.2) is 89.1 Å². The fourth-order valence-electron chi connectivity index (χ4n) is 6.73. The van der Waals surface area contributed by atoms with Crippen molar-refractivity contribution < 1.29 is 66.7 Å². The number of carbonyl (C=O) groups excluding carboxylic acids is 3. The third-order valence-corrected chi connectivity index (χ3v) is 12.6. The normalized spacial score (nSPS) is 17.0. The Bertz CT molecular complexity index is 2830. The number of aliphatic imine (C=N–C) groups is 1. The summed E-state index contributed by atoms with van der Waals surface area (Å²) < 4.78 is 168. The second-order valence-electron chi connectivity index (χ2n) is 15.2. The summed E-state index contributed by atoms with van der Waals surface area (Å²) in [5.74, 6) is -3.75. The Hall–Kier alpha value is -5.93. The van der Waals surface area contributed by atoms with Gasteiger partial charge in [0.25, 0.3) is 11.8 Å². The molecule has 0 saturated heterocycles. The fraction of sp³-hybridized carbons (Fsp3) is 0.333. The minimum Gasteiger partial charge on any atom is -0.394 e. The van der Waals surface area contributed by atoms with Gasteiger partial charge in [-0.3, -0.25) is 28.3 Å². The molecule has 358 valence electrons. The van der Waals surface area contributed by atoms with Gasteiger partial charge in [0.05, 0.1) is 27.7 Å². The molecular formula is C42H36ClF10N7O5S2. The van der Waals surface area contributed by atoms with Crippen molar-refractivity contribution in [2.45, 2.75) is 68.7 Å². The predicted octanol–water partition coefficient (Wildman–Crippen LogP) is 7.53. The number of allylic oxidation sites excluding steroid dienone is 3. The highest BCUT2D eigenvalue weighted by Crippen LogP contribution is 2.43. The van der Waals surface area contributed by atoms with Crippen LogP contribution in [0.5, 0.6) is 0 Å². The molecule has 25 heteroatoms. The lowest BCUT2D eigenvalue weighted by molar-refractivity contribution is -0.141. The molecule has 12 nitrogen and oxygen atoms in total. The number of fused-ring (bicyclic) bond motifs is 1. The average Bonchev–Trinajstić information content (AvgIpc) is 3.72. The zero-order valence-corrected chi connectivity index (χ0v) is 37.6. The van der Waals surface area contributed by atoms with E-state index in [4.69, 9.17) is 17.3 Å². The number of benzene rings is 2. The summed E-state index contributed by atoms with van der Waals surface area (Å²) in [5.41, 5.74) is -0.694. The maximum Gasteiger partial charge on any atom is 0.431 e. The Morgan fingerprint density at radius 2 is 1.69 bits per heavy atom. The Labute approximate surface area is 384 Å². The summed E-state index contributed by atoms with van der Waals surface area (Å²) in [7, 11) is -3.92. The molecule has 0 bridgehead atoms. The van der Waals surface area contributed by atoms with Gasteiger partial charge < -0.3 is 11.1 Å². The van der Waals surface area contributed by atoms with Gasteiger partial charge in [-0.25, -0.2) is 22.3 Å². The Morgan fingerprint density at radius 1 is 1.04 bits per heavy atom. The van der Waals surface area contributed by atoms with Crippen molar-refractivity contribution >= 4 is 73.9 Å². The Morgan fingerprint density at radius 3 is 2.27 bits per heavy atom. The number of rotatable bonds is 13. The maximum absolute atomic E-state index is 15.0. The van der Waals surface area contributed by atoms with Gasteiger partial charge in [0.1, 0.15) is 63.8 Å². The molecule has 2 aromatic heterocycles. The molecule has 3 atom stereocenters. The smallest absolute Gasteiger partial charge is 0.394 e. The molecular weight excluding hydrogens is 972 g/mol. The van der Waals surface area contributed by atoms with E-state index < -0.39 is 140 Å². The van der Waals surface area contributed by atoms with Gasteiger partial charge in [-0.15, -0.1) is 0 Å². The fourth-order valence-corrected chi connectivity index (χ4v) is 7.84. The molecule has 2 heterocycles. The number of aromatic nitrogens is 3. The van der Waals surface area contributed by atoms with Crippen LogP contribution in [0.2, 0.25) is 5.02 Å². The minimum absolute atomic E-state index is 0.139. The first kappa shape index (κ1) is 52.0. The molecule has 2 aromatic carbocycles. The molecule has 67 heavy (non-hydrogen) atoms. The molecule has 1 fully saturated rings. The first-order chi connectivity index (χ1) is 31.0. The van der Waals surface area contributed by atoms with Gasteiger partial charge in [-0.05, 0) is 74.6 Å². The average molecular weight is 1010 g/mol. The lowest BCUT2D eigenvalue weighted by Gasteiger charge is -2.23. The van der Waals surface area contributed by atoms with Gasteiger partial charge in [0, 0.05) is 58.6 Å². The van der Waals surface area contributed by atoms with Crippen LogP contribution in [-0.2, 0) is 49.1 Å². The Kier molecular flexibility index (Phi) is 15.6. The number of halogens is 11. The van der Waals surface area contributed by atoms with E-state index in [0.717, 1.165) is 30.5 Å². The maximum atomic E-state index is 15.0. The standard InChI is InChI=1S/C42H36ClF10N7O5S2/c1-39(2,66(3)64)13-11-25-7-8-26(27-9-10-29(43)33-35(27)59(21-41(48,49)50)58-38(33)60(67(4)65)32(63)6-5-15-61)34(56-25)30(18-22-16-23(44)19-24(45)17-22)57-31(62)20-55-37-28(12-14-40(37,46)47)36(54)42(51,52)53/h5-10,15-17,19,30H,12,14,18,20-21,54H2,1-4H3,(H,57,62)/b6-5+,36-28-,55-37?. The summed E-state index contributed by atoms with van der Waals surface area (Å²) in [5, 5.41) is 5.71. The van der Waals surface area contributed by atoms with Crippen molar-refractivity contribution in [3.63, 3.8) is 0 Å². The summed E-state index contributed by atoms with van der Waals surface area (Å²) in [4.78, 5) is 46.1. The number of nitrogens with two attached hydrogens (primary N) is 1. The first-order valence-corrected chi connectivity index (χ1v) is 22.7. The lowest BCUT2D eigenvalue weighted by Crippen LogP contribution is -2.34. The summed E-state index contributed by atoms with van der Waals surface area (Å²) >= 11 is 6.60. The van der Waals surface area contributed by atoms with Crippen LogP contribution in [0.3, 0.4) is 0 Å². The van der Waals surface area contributed by atoms with E-state index in [9.17, 15) is 66.7 Å². The lowest BCUT2D eigenvalue weighted by atomic mass is 9.93. The van der Waals surface area contributed by atoms with Crippen LogP contribution in [0.1, 0.15) is 49.7 Å². The van der Waals surface area contributed by atoms with Crippen molar-refractivity contribution in [2.75, 3.05) is 23.4 Å². The van der Waals surface area contributed by atoms with Crippen LogP contribution in [0.25, 0.3) is 22.0 Å². The van der Waals surface area contributed by atoms with Crippen molar-refractivity contribution in [1.29, 1.82) is 0 Å². The molecule has 2 amide bonds. The molecule has 0 aliphatic heterocycles. The zero-order chi connectivity index (χ0) is 50.0. The van der Waals surface area contributed by atoms with E-state index in [2.05, 4.69) is 32.2 Å². The minimum atomic E-state index is -5.24. The number of anilines is 1. The number of nitrogens with one attached hydrogen (secondary N) is 1. The molecule has 1 saturated carbocycles. The molecule has 3 N–H and O–H groups in total. The number of hydrogen-bond acceptors (Lipinski definition) is 9. The summed E-state index contributed by atoms with van der Waals surface area (Å²) in [6.07, 6.45) is -8.90. The van der Waals surface area contributed by atoms with Crippen LogP contribution in [0.4, 0.5) is 49.7 Å². The van der Waals surface area contributed by atoms with E-state index >= 15 is 0 Å². The van der Waals surface area contributed by atoms with E-state index in [1.165, 1.54) is 38.3 Å². The number of hydrogen-bond donors (Lipinski definition) is 2. The number of aldehydes is 1. The number of nitrogens with zero attached hydrogens (tertiary/aromatic N) is 5. The quantitative estimate of drug-likeness (QED) is 0.0600.